The molecule has 2 aromatic heterocycles. The van der Waals surface area contributed by atoms with Gasteiger partial charge in [0.25, 0.3) is 0 Å². The lowest BCUT2D eigenvalue weighted by Crippen LogP contribution is -2.15. The maximum Gasteiger partial charge on any atom is 0.0922 e. The summed E-state index contributed by atoms with van der Waals surface area (Å²) in [6, 6.07) is 0. The van der Waals surface area contributed by atoms with Gasteiger partial charge >= 0.3 is 0 Å². The lowest BCUT2D eigenvalue weighted by Gasteiger charge is -2.01. The summed E-state index contributed by atoms with van der Waals surface area (Å²) in [6.45, 7) is 1.86. The number of aromatic nitrogens is 4. The van der Waals surface area contributed by atoms with Crippen LogP contribution >= 0.6 is 12.4 Å². The van der Waals surface area contributed by atoms with E-state index in [0.717, 1.165) is 31.6 Å². The molecule has 0 unspecified atom stereocenters. The van der Waals surface area contributed by atoms with Crippen LogP contribution in [0.1, 0.15) is 17.7 Å². The maximum atomic E-state index is 4.14. The van der Waals surface area contributed by atoms with Crippen LogP contribution in [0.4, 0.5) is 0 Å². The first-order valence-electron chi connectivity index (χ1n) is 5.50. The van der Waals surface area contributed by atoms with Crippen LogP contribution in [0.2, 0.25) is 0 Å². The Morgan fingerprint density at radius 2 is 2.29 bits per heavy atom. The van der Waals surface area contributed by atoms with Crippen molar-refractivity contribution in [3.63, 3.8) is 0 Å². The summed E-state index contributed by atoms with van der Waals surface area (Å²) < 4.78 is 1.84. The predicted molar refractivity (Wildman–Crippen MR) is 69.1 cm³/mol. The van der Waals surface area contributed by atoms with Crippen molar-refractivity contribution in [2.45, 2.75) is 19.4 Å². The van der Waals surface area contributed by atoms with E-state index < -0.39 is 0 Å². The third-order valence-corrected chi connectivity index (χ3v) is 2.45. The first-order valence-corrected chi connectivity index (χ1v) is 5.50. The number of nitrogens with zero attached hydrogens (tertiary/aromatic N) is 3. The average molecular weight is 256 g/mol. The molecule has 0 fully saturated rings. The molecule has 0 bridgehead atoms. The van der Waals surface area contributed by atoms with Gasteiger partial charge in [-0.1, -0.05) is 0 Å². The Bertz CT molecular complexity index is 409. The highest BCUT2D eigenvalue weighted by molar-refractivity contribution is 5.85. The monoisotopic (exact) mass is 255 g/mol. The Balaban J connectivity index is 0.00000144. The second kappa shape index (κ2) is 7.09. The van der Waals surface area contributed by atoms with E-state index in [4.69, 9.17) is 0 Å². The van der Waals surface area contributed by atoms with Crippen molar-refractivity contribution in [2.24, 2.45) is 7.05 Å². The minimum Gasteiger partial charge on any atom is -0.347 e. The third kappa shape index (κ3) is 4.58. The third-order valence-electron chi connectivity index (χ3n) is 2.45. The SMILES string of the molecule is Cl.Cn1cc(CCCNCc2cnc[nH]2)cn1. The summed E-state index contributed by atoms with van der Waals surface area (Å²) in [7, 11) is 1.94. The number of aromatic amines is 1. The second-order valence-corrected chi connectivity index (χ2v) is 3.88. The van der Waals surface area contributed by atoms with Crippen LogP contribution in [0.5, 0.6) is 0 Å². The molecule has 0 aliphatic carbocycles. The Hall–Kier alpha value is -1.33. The van der Waals surface area contributed by atoms with Crippen molar-refractivity contribution in [3.05, 3.63) is 36.2 Å². The largest absolute Gasteiger partial charge is 0.347 e. The van der Waals surface area contributed by atoms with Gasteiger partial charge in [0.05, 0.1) is 12.5 Å². The van der Waals surface area contributed by atoms with Crippen molar-refractivity contribution in [1.82, 2.24) is 25.1 Å². The molecule has 0 saturated carbocycles. The van der Waals surface area contributed by atoms with Crippen LogP contribution < -0.4 is 5.32 Å². The molecular weight excluding hydrogens is 238 g/mol. The molecule has 94 valence electrons. The zero-order valence-electron chi connectivity index (χ0n) is 9.89. The molecule has 0 aromatic carbocycles. The zero-order valence-corrected chi connectivity index (χ0v) is 10.7. The van der Waals surface area contributed by atoms with Gasteiger partial charge in [-0.15, -0.1) is 12.4 Å². The van der Waals surface area contributed by atoms with Gasteiger partial charge in [0.1, 0.15) is 0 Å². The Labute approximate surface area is 107 Å². The van der Waals surface area contributed by atoms with Crippen molar-refractivity contribution in [2.75, 3.05) is 6.54 Å². The van der Waals surface area contributed by atoms with E-state index in [0.29, 0.717) is 0 Å². The molecule has 17 heavy (non-hydrogen) atoms. The van der Waals surface area contributed by atoms with E-state index in [2.05, 4.69) is 26.6 Å². The number of hydrogen-bond donors (Lipinski definition) is 2. The van der Waals surface area contributed by atoms with Gasteiger partial charge in [-0.05, 0) is 24.9 Å². The van der Waals surface area contributed by atoms with E-state index in [-0.39, 0.29) is 12.4 Å². The first-order chi connectivity index (χ1) is 7.84. The second-order valence-electron chi connectivity index (χ2n) is 3.88. The van der Waals surface area contributed by atoms with Gasteiger partial charge in [0, 0.05) is 31.7 Å². The molecule has 0 spiro atoms. The molecule has 0 atom stereocenters. The number of aryl methyl sites for hydroxylation is 2. The molecule has 2 N–H and O–H groups in total. The fourth-order valence-corrected chi connectivity index (χ4v) is 1.62. The Morgan fingerprint density at radius 3 is 2.94 bits per heavy atom. The molecule has 6 heteroatoms. The van der Waals surface area contributed by atoms with E-state index in [1.54, 1.807) is 6.33 Å². The van der Waals surface area contributed by atoms with Gasteiger partial charge in [-0.3, -0.25) is 4.68 Å². The summed E-state index contributed by atoms with van der Waals surface area (Å²) >= 11 is 0. The fourth-order valence-electron chi connectivity index (χ4n) is 1.62. The number of halogens is 1. The molecule has 0 aliphatic heterocycles. The average Bonchev–Trinajstić information content (AvgIpc) is 2.89. The summed E-state index contributed by atoms with van der Waals surface area (Å²) in [5.41, 5.74) is 2.42. The van der Waals surface area contributed by atoms with Gasteiger partial charge in [0.15, 0.2) is 0 Å². The normalized spacial score (nSPS) is 10.2. The van der Waals surface area contributed by atoms with Crippen molar-refractivity contribution < 1.29 is 0 Å². The fraction of sp³-hybridized carbons (Fsp3) is 0.455. The van der Waals surface area contributed by atoms with Gasteiger partial charge in [-0.25, -0.2) is 4.98 Å². The van der Waals surface area contributed by atoms with E-state index >= 15 is 0 Å². The van der Waals surface area contributed by atoms with E-state index in [1.807, 2.05) is 24.1 Å². The summed E-state index contributed by atoms with van der Waals surface area (Å²) in [4.78, 5) is 7.03. The smallest absolute Gasteiger partial charge is 0.0922 e. The predicted octanol–water partition coefficient (Wildman–Crippen LogP) is 1.29. The van der Waals surface area contributed by atoms with Crippen LogP contribution in [0.25, 0.3) is 0 Å². The van der Waals surface area contributed by atoms with Gasteiger partial charge in [0.2, 0.25) is 0 Å². The van der Waals surface area contributed by atoms with Crippen molar-refractivity contribution in [1.29, 1.82) is 0 Å². The molecule has 2 heterocycles. The topological polar surface area (TPSA) is 58.5 Å². The lowest BCUT2D eigenvalue weighted by atomic mass is 10.2. The van der Waals surface area contributed by atoms with Crippen LogP contribution in [-0.2, 0) is 20.0 Å². The van der Waals surface area contributed by atoms with Gasteiger partial charge < -0.3 is 10.3 Å². The number of hydrogen-bond acceptors (Lipinski definition) is 3. The van der Waals surface area contributed by atoms with Crippen LogP contribution in [0.3, 0.4) is 0 Å². The highest BCUT2D eigenvalue weighted by atomic mass is 35.5. The molecule has 0 aliphatic rings. The number of H-pyrrole nitrogens is 1. The minimum absolute atomic E-state index is 0. The maximum absolute atomic E-state index is 4.14. The number of imidazole rings is 1. The van der Waals surface area contributed by atoms with Crippen molar-refractivity contribution >= 4 is 12.4 Å². The molecular formula is C11H18ClN5. The highest BCUT2D eigenvalue weighted by Gasteiger charge is 1.96. The summed E-state index contributed by atoms with van der Waals surface area (Å²) in [6.07, 6.45) is 9.73. The molecule has 0 radical (unpaired) electrons. The standard InChI is InChI=1S/C11H17N5.ClH/c1-16-8-10(5-15-16)3-2-4-12-6-11-7-13-9-14-11;/h5,7-9,12H,2-4,6H2,1H3,(H,13,14);1H. The number of rotatable bonds is 6. The molecule has 2 rings (SSSR count). The summed E-state index contributed by atoms with van der Waals surface area (Å²) in [5.74, 6) is 0. The Kier molecular flexibility index (Phi) is 5.72. The highest BCUT2D eigenvalue weighted by Crippen LogP contribution is 2.00. The molecule has 5 nitrogen and oxygen atoms in total. The van der Waals surface area contributed by atoms with Gasteiger partial charge in [-0.2, -0.15) is 5.10 Å². The quantitative estimate of drug-likeness (QED) is 0.765. The molecule has 0 saturated heterocycles. The van der Waals surface area contributed by atoms with E-state index in [9.17, 15) is 0 Å². The molecule has 2 aromatic rings. The van der Waals surface area contributed by atoms with Crippen molar-refractivity contribution in [3.8, 4) is 0 Å². The van der Waals surface area contributed by atoms with Crippen LogP contribution in [-0.4, -0.2) is 26.3 Å². The van der Waals surface area contributed by atoms with Crippen LogP contribution in [0, 0.1) is 0 Å². The van der Waals surface area contributed by atoms with Crippen LogP contribution in [0.15, 0.2) is 24.9 Å². The first kappa shape index (κ1) is 13.7. The lowest BCUT2D eigenvalue weighted by molar-refractivity contribution is 0.642. The zero-order chi connectivity index (χ0) is 11.2. The van der Waals surface area contributed by atoms with E-state index in [1.165, 1.54) is 5.56 Å². The molecule has 0 amide bonds. The summed E-state index contributed by atoms with van der Waals surface area (Å²) in [5, 5.41) is 7.51. The minimum atomic E-state index is 0. The number of nitrogens with one attached hydrogen (secondary N) is 2. The Morgan fingerprint density at radius 1 is 1.41 bits per heavy atom.